The number of benzene rings is 1. The second-order valence-electron chi connectivity index (χ2n) is 5.95. The Morgan fingerprint density at radius 1 is 1.29 bits per heavy atom. The van der Waals surface area contributed by atoms with Gasteiger partial charge in [0.05, 0.1) is 0 Å². The van der Waals surface area contributed by atoms with E-state index < -0.39 is 17.2 Å². The minimum Gasteiger partial charge on any atom is -0.354 e. The summed E-state index contributed by atoms with van der Waals surface area (Å²) in [5.41, 5.74) is -0.469. The minimum atomic E-state index is -0.870. The summed E-state index contributed by atoms with van der Waals surface area (Å²) in [7, 11) is 0. The number of nitrogens with zero attached hydrogens (tertiary/aromatic N) is 2. The lowest BCUT2D eigenvalue weighted by Crippen LogP contribution is -2.54. The van der Waals surface area contributed by atoms with Crippen LogP contribution >= 0.6 is 0 Å². The summed E-state index contributed by atoms with van der Waals surface area (Å²) < 4.78 is 28.6. The number of carbonyl (C=O) groups excluding carboxylic acids is 1. The molecule has 2 N–H and O–H groups in total. The molecule has 0 aliphatic carbocycles. The standard InChI is InChI=1S/C17H20F2N4O/c18-14-4-1-3-13(15(14)19)5-9-21-16(24)17(6-10-20-11-7-17)23-12-2-8-22-23/h1-4,8,12,20H,5-7,9-11H2,(H,21,24). The summed E-state index contributed by atoms with van der Waals surface area (Å²) in [6, 6.07) is 5.87. The molecule has 2 aromatic rings. The third kappa shape index (κ3) is 3.17. The molecule has 0 bridgehead atoms. The maximum absolute atomic E-state index is 13.7. The molecule has 1 aliphatic rings. The van der Waals surface area contributed by atoms with E-state index in [1.165, 1.54) is 12.1 Å². The number of hydrogen-bond acceptors (Lipinski definition) is 3. The molecule has 1 aliphatic heterocycles. The predicted molar refractivity (Wildman–Crippen MR) is 85.4 cm³/mol. The van der Waals surface area contributed by atoms with Crippen molar-refractivity contribution in [1.82, 2.24) is 20.4 Å². The van der Waals surface area contributed by atoms with Crippen LogP contribution in [0.1, 0.15) is 18.4 Å². The van der Waals surface area contributed by atoms with Crippen LogP contribution in [0.25, 0.3) is 0 Å². The summed E-state index contributed by atoms with van der Waals surface area (Å²) in [5, 5.41) is 10.3. The van der Waals surface area contributed by atoms with Crippen molar-refractivity contribution < 1.29 is 13.6 Å². The molecule has 128 valence electrons. The smallest absolute Gasteiger partial charge is 0.248 e. The zero-order valence-electron chi connectivity index (χ0n) is 13.3. The Balaban J connectivity index is 1.67. The molecule has 1 amide bonds. The van der Waals surface area contributed by atoms with Crippen LogP contribution in [0.15, 0.2) is 36.7 Å². The number of amides is 1. The summed E-state index contributed by atoms with van der Waals surface area (Å²) in [4.78, 5) is 12.8. The molecule has 1 fully saturated rings. The minimum absolute atomic E-state index is 0.135. The average molecular weight is 334 g/mol. The van der Waals surface area contributed by atoms with Crippen molar-refractivity contribution >= 4 is 5.91 Å². The second-order valence-corrected chi connectivity index (χ2v) is 5.95. The molecule has 1 saturated heterocycles. The molecule has 24 heavy (non-hydrogen) atoms. The SMILES string of the molecule is O=C(NCCc1cccc(F)c1F)C1(n2cccn2)CCNCC1. The highest BCUT2D eigenvalue weighted by atomic mass is 19.2. The van der Waals surface area contributed by atoms with E-state index in [9.17, 15) is 13.6 Å². The van der Waals surface area contributed by atoms with Crippen LogP contribution in [0.4, 0.5) is 8.78 Å². The van der Waals surface area contributed by atoms with Crippen LogP contribution in [-0.2, 0) is 16.8 Å². The van der Waals surface area contributed by atoms with Gasteiger partial charge < -0.3 is 10.6 Å². The Kier molecular flexibility index (Phi) is 4.89. The number of piperidine rings is 1. The molecular weight excluding hydrogens is 314 g/mol. The van der Waals surface area contributed by atoms with Crippen molar-refractivity contribution in [2.24, 2.45) is 0 Å². The van der Waals surface area contributed by atoms with Gasteiger partial charge >= 0.3 is 0 Å². The maximum atomic E-state index is 13.7. The van der Waals surface area contributed by atoms with E-state index >= 15 is 0 Å². The van der Waals surface area contributed by atoms with Gasteiger partial charge in [-0.1, -0.05) is 12.1 Å². The molecule has 0 saturated carbocycles. The van der Waals surface area contributed by atoms with Crippen LogP contribution in [-0.4, -0.2) is 35.3 Å². The third-order valence-electron chi connectivity index (χ3n) is 4.51. The lowest BCUT2D eigenvalue weighted by Gasteiger charge is -2.36. The highest BCUT2D eigenvalue weighted by molar-refractivity contribution is 5.84. The van der Waals surface area contributed by atoms with Crippen molar-refractivity contribution in [2.45, 2.75) is 24.8 Å². The molecule has 0 atom stereocenters. The highest BCUT2D eigenvalue weighted by Gasteiger charge is 2.41. The monoisotopic (exact) mass is 334 g/mol. The fourth-order valence-corrected chi connectivity index (χ4v) is 3.14. The fourth-order valence-electron chi connectivity index (χ4n) is 3.14. The van der Waals surface area contributed by atoms with E-state index in [1.54, 1.807) is 23.1 Å². The average Bonchev–Trinajstić information content (AvgIpc) is 3.14. The molecule has 2 heterocycles. The lowest BCUT2D eigenvalue weighted by atomic mass is 9.87. The first-order chi connectivity index (χ1) is 11.6. The predicted octanol–water partition coefficient (Wildman–Crippen LogP) is 1.60. The van der Waals surface area contributed by atoms with Crippen LogP contribution in [0.5, 0.6) is 0 Å². The molecule has 0 radical (unpaired) electrons. The van der Waals surface area contributed by atoms with Crippen molar-refractivity contribution in [2.75, 3.05) is 19.6 Å². The Morgan fingerprint density at radius 2 is 2.08 bits per heavy atom. The zero-order chi connectivity index (χ0) is 17.0. The number of hydrogen-bond donors (Lipinski definition) is 2. The van der Waals surface area contributed by atoms with Crippen LogP contribution in [0, 0.1) is 11.6 Å². The first-order valence-corrected chi connectivity index (χ1v) is 8.05. The Bertz CT molecular complexity index is 697. The molecule has 3 rings (SSSR count). The van der Waals surface area contributed by atoms with E-state index in [1.807, 2.05) is 0 Å². The maximum Gasteiger partial charge on any atom is 0.248 e. The largest absolute Gasteiger partial charge is 0.354 e. The number of rotatable bonds is 5. The van der Waals surface area contributed by atoms with E-state index in [0.717, 1.165) is 19.2 Å². The Morgan fingerprint density at radius 3 is 2.79 bits per heavy atom. The quantitative estimate of drug-likeness (QED) is 0.873. The van der Waals surface area contributed by atoms with Crippen molar-refractivity contribution in [3.8, 4) is 0 Å². The molecule has 7 heteroatoms. The van der Waals surface area contributed by atoms with Gasteiger partial charge in [-0.25, -0.2) is 8.78 Å². The van der Waals surface area contributed by atoms with Crippen LogP contribution in [0.3, 0.4) is 0 Å². The zero-order valence-corrected chi connectivity index (χ0v) is 13.3. The van der Waals surface area contributed by atoms with E-state index in [0.29, 0.717) is 12.8 Å². The van der Waals surface area contributed by atoms with Gasteiger partial charge in [-0.05, 0) is 50.0 Å². The Hall–Kier alpha value is -2.28. The molecular formula is C17H20F2N4O. The topological polar surface area (TPSA) is 59.0 Å². The number of halogens is 2. The molecule has 1 aromatic heterocycles. The molecule has 0 unspecified atom stereocenters. The second kappa shape index (κ2) is 7.09. The summed E-state index contributed by atoms with van der Waals surface area (Å²) >= 11 is 0. The van der Waals surface area contributed by atoms with E-state index in [2.05, 4.69) is 15.7 Å². The number of carbonyl (C=O) groups is 1. The lowest BCUT2D eigenvalue weighted by molar-refractivity contribution is -0.131. The molecule has 0 spiro atoms. The van der Waals surface area contributed by atoms with Gasteiger partial charge in [0.25, 0.3) is 0 Å². The van der Waals surface area contributed by atoms with Crippen molar-refractivity contribution in [3.63, 3.8) is 0 Å². The van der Waals surface area contributed by atoms with E-state index in [4.69, 9.17) is 0 Å². The first-order valence-electron chi connectivity index (χ1n) is 8.05. The van der Waals surface area contributed by atoms with Crippen LogP contribution < -0.4 is 10.6 Å². The summed E-state index contributed by atoms with van der Waals surface area (Å²) in [6.07, 6.45) is 4.95. The van der Waals surface area contributed by atoms with Gasteiger partial charge in [0.2, 0.25) is 5.91 Å². The highest BCUT2D eigenvalue weighted by Crippen LogP contribution is 2.27. The number of nitrogens with one attached hydrogen (secondary N) is 2. The van der Waals surface area contributed by atoms with Crippen LogP contribution in [0.2, 0.25) is 0 Å². The third-order valence-corrected chi connectivity index (χ3v) is 4.51. The van der Waals surface area contributed by atoms with Gasteiger partial charge in [0.15, 0.2) is 11.6 Å². The normalized spacial score (nSPS) is 16.8. The Labute approximate surface area is 139 Å². The summed E-state index contributed by atoms with van der Waals surface area (Å²) in [5.74, 6) is -1.86. The fraction of sp³-hybridized carbons (Fsp3) is 0.412. The van der Waals surface area contributed by atoms with Crippen molar-refractivity contribution in [1.29, 1.82) is 0 Å². The molecule has 1 aromatic carbocycles. The summed E-state index contributed by atoms with van der Waals surface area (Å²) in [6.45, 7) is 1.70. The van der Waals surface area contributed by atoms with Gasteiger partial charge in [-0.3, -0.25) is 9.48 Å². The number of aromatic nitrogens is 2. The van der Waals surface area contributed by atoms with E-state index in [-0.39, 0.29) is 24.4 Å². The molecule has 5 nitrogen and oxygen atoms in total. The first kappa shape index (κ1) is 16.6. The van der Waals surface area contributed by atoms with Gasteiger partial charge in [0, 0.05) is 18.9 Å². The van der Waals surface area contributed by atoms with Gasteiger partial charge in [0.1, 0.15) is 5.54 Å². The van der Waals surface area contributed by atoms with Gasteiger partial charge in [-0.15, -0.1) is 0 Å². The van der Waals surface area contributed by atoms with Crippen molar-refractivity contribution in [3.05, 3.63) is 53.9 Å². The van der Waals surface area contributed by atoms with Gasteiger partial charge in [-0.2, -0.15) is 5.10 Å².